The van der Waals surface area contributed by atoms with Crippen LogP contribution in [0.1, 0.15) is 12.5 Å². The van der Waals surface area contributed by atoms with Crippen LogP contribution < -0.4 is 0 Å². The summed E-state index contributed by atoms with van der Waals surface area (Å²) >= 11 is 0. The van der Waals surface area contributed by atoms with Crippen LogP contribution in [-0.2, 0) is 29.6 Å². The van der Waals surface area contributed by atoms with E-state index in [1.165, 1.54) is 0 Å². The van der Waals surface area contributed by atoms with Gasteiger partial charge in [-0.3, -0.25) is 4.89 Å². The van der Waals surface area contributed by atoms with Gasteiger partial charge < -0.3 is 4.89 Å². The Hall–Kier alpha value is -1.77. The Balaban J connectivity index is 0.000000478. The van der Waals surface area contributed by atoms with Crippen LogP contribution in [-0.4, -0.2) is 6.61 Å². The van der Waals surface area contributed by atoms with Crippen molar-refractivity contribution in [2.24, 2.45) is 0 Å². The van der Waals surface area contributed by atoms with E-state index in [9.17, 15) is 0 Å². The third kappa shape index (κ3) is 7.86. The van der Waals surface area contributed by atoms with E-state index in [0.29, 0.717) is 12.2 Å². The van der Waals surface area contributed by atoms with Gasteiger partial charge in [-0.05, 0) is 24.6 Å². The maximum atomic E-state index is 8.64. The van der Waals surface area contributed by atoms with Gasteiger partial charge in [0.25, 0.3) is 0 Å². The predicted octanol–water partition coefficient (Wildman–Crippen LogP) is 4.33. The number of rotatable bonds is 4. The van der Waals surface area contributed by atoms with Gasteiger partial charge >= 0.3 is 19.8 Å². The average molecular weight is 470 g/mol. The van der Waals surface area contributed by atoms with Crippen LogP contribution in [0.3, 0.4) is 0 Å². The van der Waals surface area contributed by atoms with Gasteiger partial charge in [-0.2, -0.15) is 42.7 Å². The van der Waals surface area contributed by atoms with Crippen molar-refractivity contribution in [2.45, 2.75) is 6.92 Å². The summed E-state index contributed by atoms with van der Waals surface area (Å²) in [6.45, 7) is 5.83. The van der Waals surface area contributed by atoms with E-state index in [4.69, 9.17) is 5.26 Å². The summed E-state index contributed by atoms with van der Waals surface area (Å²) in [4.78, 5) is 8.43. The minimum atomic E-state index is 0. The topological polar surface area (TPSA) is 42.2 Å². The summed E-state index contributed by atoms with van der Waals surface area (Å²) in [5, 5.41) is 8.64. The normalized spacial score (nSPS) is 8.77. The van der Waals surface area contributed by atoms with Crippen molar-refractivity contribution in [2.75, 3.05) is 6.61 Å². The Morgan fingerprint density at radius 1 is 1.18 bits per heavy atom. The second-order valence-electron chi connectivity index (χ2n) is 4.31. The van der Waals surface area contributed by atoms with Crippen molar-refractivity contribution in [1.82, 2.24) is 0 Å². The Morgan fingerprint density at radius 2 is 1.73 bits per heavy atom. The second-order valence-corrected chi connectivity index (χ2v) is 4.31. The fourth-order valence-corrected chi connectivity index (χ4v) is 1.46. The van der Waals surface area contributed by atoms with Crippen LogP contribution in [0.2, 0.25) is 0 Å². The summed E-state index contributed by atoms with van der Waals surface area (Å²) < 4.78 is 0. The predicted molar refractivity (Wildman–Crippen MR) is 82.6 cm³/mol. The third-order valence-electron chi connectivity index (χ3n) is 2.45. The maximum Gasteiger partial charge on any atom is 2.00 e. The molecule has 2 aromatic rings. The van der Waals surface area contributed by atoms with Crippen molar-refractivity contribution in [3.63, 3.8) is 0 Å². The third-order valence-corrected chi connectivity index (χ3v) is 2.45. The molecule has 0 fully saturated rings. The first-order chi connectivity index (χ1) is 10.2. The van der Waals surface area contributed by atoms with E-state index >= 15 is 0 Å². The fraction of sp³-hybridized carbons (Fsp3) is 0.111. The molecule has 4 heteroatoms. The maximum absolute atomic E-state index is 8.64. The minimum Gasteiger partial charge on any atom is -0.416 e. The first kappa shape index (κ1) is 20.2. The summed E-state index contributed by atoms with van der Waals surface area (Å²) in [6, 6.07) is 20.4. The molecular formula is C18H17NO2Os. The van der Waals surface area contributed by atoms with Crippen molar-refractivity contribution in [3.8, 4) is 17.2 Å². The summed E-state index contributed by atoms with van der Waals surface area (Å²) in [7, 11) is 2.99. The zero-order chi connectivity index (χ0) is 15.5. The molecule has 0 radical (unpaired) electrons. The Labute approximate surface area is 145 Å². The summed E-state index contributed by atoms with van der Waals surface area (Å²) in [5.41, 5.74) is 3.88. The molecule has 0 aliphatic heterocycles. The molecule has 0 aliphatic rings. The van der Waals surface area contributed by atoms with Gasteiger partial charge in [0.15, 0.2) is 0 Å². The molecule has 3 nitrogen and oxygen atoms in total. The Morgan fingerprint density at radius 3 is 2.14 bits per heavy atom. The molecule has 0 atom stereocenters. The molecule has 2 aromatic carbocycles. The largest absolute Gasteiger partial charge is 2.00 e. The van der Waals surface area contributed by atoms with Gasteiger partial charge in [0.1, 0.15) is 0 Å². The van der Waals surface area contributed by atoms with E-state index < -0.39 is 0 Å². The fourth-order valence-electron chi connectivity index (χ4n) is 1.46. The SMILES string of the molecule is C=C(C)COO[CH2-].N#Cc1ccc(-c2cc[c-]cc2)cc1.[Os+2]. The quantitative estimate of drug-likeness (QED) is 0.290. The Kier molecular flexibility index (Phi) is 10.9. The van der Waals surface area contributed by atoms with Crippen molar-refractivity contribution in [1.29, 1.82) is 5.26 Å². The molecule has 0 N–H and O–H groups in total. The van der Waals surface area contributed by atoms with Crippen LogP contribution in [0.15, 0.2) is 60.7 Å². The molecule has 0 aliphatic carbocycles. The Bertz CT molecular complexity index is 589. The molecule has 0 saturated carbocycles. The van der Waals surface area contributed by atoms with E-state index in [0.717, 1.165) is 16.7 Å². The first-order valence-electron chi connectivity index (χ1n) is 6.32. The van der Waals surface area contributed by atoms with Crippen LogP contribution in [0, 0.1) is 24.5 Å². The number of nitriles is 1. The van der Waals surface area contributed by atoms with E-state index in [2.05, 4.69) is 35.6 Å². The number of benzene rings is 2. The minimum absolute atomic E-state index is 0. The number of hydrogen-bond donors (Lipinski definition) is 0. The van der Waals surface area contributed by atoms with Gasteiger partial charge in [0, 0.05) is 0 Å². The van der Waals surface area contributed by atoms with Gasteiger partial charge in [-0.1, -0.05) is 24.3 Å². The monoisotopic (exact) mass is 471 g/mol. The average Bonchev–Trinajstić information content (AvgIpc) is 2.54. The van der Waals surface area contributed by atoms with Crippen molar-refractivity contribution < 1.29 is 29.6 Å². The standard InChI is InChI=1S/C13H8N.C5H9O2.Os/c14-10-11-6-8-13(9-7-11)12-4-2-1-3-5-12;1-5(2)4-7-6-3;/h2-9H;1,3-4H2,2H3;/q2*-1;+2. The van der Waals surface area contributed by atoms with Gasteiger partial charge in [-0.25, -0.2) is 0 Å². The molecule has 22 heavy (non-hydrogen) atoms. The van der Waals surface area contributed by atoms with Gasteiger partial charge in [-0.15, -0.1) is 5.56 Å². The van der Waals surface area contributed by atoms with Crippen LogP contribution in [0.5, 0.6) is 0 Å². The molecule has 0 amide bonds. The van der Waals surface area contributed by atoms with E-state index in [1.807, 2.05) is 55.5 Å². The molecule has 114 valence electrons. The van der Waals surface area contributed by atoms with Gasteiger partial charge in [0.05, 0.1) is 18.2 Å². The van der Waals surface area contributed by atoms with Gasteiger partial charge in [0.2, 0.25) is 0 Å². The summed E-state index contributed by atoms with van der Waals surface area (Å²) in [6.07, 6.45) is 0. The van der Waals surface area contributed by atoms with E-state index in [-0.39, 0.29) is 19.8 Å². The van der Waals surface area contributed by atoms with Crippen LogP contribution in [0.4, 0.5) is 0 Å². The molecule has 2 rings (SSSR count). The number of nitrogens with zero attached hydrogens (tertiary/aromatic N) is 1. The molecule has 0 aromatic heterocycles. The summed E-state index contributed by atoms with van der Waals surface area (Å²) in [5.74, 6) is 0. The van der Waals surface area contributed by atoms with Crippen LogP contribution in [0.25, 0.3) is 11.1 Å². The van der Waals surface area contributed by atoms with Crippen molar-refractivity contribution in [3.05, 3.63) is 79.4 Å². The number of hydrogen-bond acceptors (Lipinski definition) is 3. The smallest absolute Gasteiger partial charge is 0.416 e. The zero-order valence-electron chi connectivity index (χ0n) is 12.4. The van der Waals surface area contributed by atoms with Crippen LogP contribution >= 0.6 is 0 Å². The second kappa shape index (κ2) is 11.8. The molecule has 0 unspecified atom stereocenters. The molecule has 0 saturated heterocycles. The molecular weight excluding hydrogens is 452 g/mol. The van der Waals surface area contributed by atoms with Crippen molar-refractivity contribution >= 4 is 0 Å². The molecule has 0 bridgehead atoms. The molecule has 0 heterocycles. The van der Waals surface area contributed by atoms with E-state index in [1.54, 1.807) is 0 Å². The first-order valence-corrected chi connectivity index (χ1v) is 6.32. The zero-order valence-corrected chi connectivity index (χ0v) is 14.9. The molecule has 0 spiro atoms.